The van der Waals surface area contributed by atoms with Crippen LogP contribution in [0, 0.1) is 5.82 Å². The Morgan fingerprint density at radius 3 is 2.84 bits per heavy atom. The normalized spacial score (nSPS) is 25.0. The number of amides is 1. The predicted octanol–water partition coefficient (Wildman–Crippen LogP) is 2.41. The van der Waals surface area contributed by atoms with Crippen LogP contribution in [0.3, 0.4) is 0 Å². The lowest BCUT2D eigenvalue weighted by molar-refractivity contribution is -0.115. The highest BCUT2D eigenvalue weighted by Crippen LogP contribution is 2.34. The predicted molar refractivity (Wildman–Crippen MR) is 114 cm³/mol. The van der Waals surface area contributed by atoms with Crippen LogP contribution in [0.1, 0.15) is 24.8 Å². The molecule has 2 aliphatic rings. The van der Waals surface area contributed by atoms with Crippen LogP contribution in [0.15, 0.2) is 30.6 Å². The van der Waals surface area contributed by atoms with Crippen molar-refractivity contribution in [1.82, 2.24) is 20.6 Å². The molecule has 2 aromatic rings. The maximum Gasteiger partial charge on any atom is 0.243 e. The molecule has 1 aromatic heterocycles. The van der Waals surface area contributed by atoms with Gasteiger partial charge in [-0.05, 0) is 37.5 Å². The minimum Gasteiger partial charge on any atom is -0.507 e. The fourth-order valence-electron chi connectivity index (χ4n) is 4.32. The third-order valence-electron chi connectivity index (χ3n) is 6.10. The van der Waals surface area contributed by atoms with Crippen LogP contribution in [-0.4, -0.2) is 59.4 Å². The zero-order valence-electron chi connectivity index (χ0n) is 17.3. The average Bonchev–Trinajstić information content (AvgIpc) is 3.19. The molecule has 0 saturated carbocycles. The molecule has 0 unspecified atom stereocenters. The summed E-state index contributed by atoms with van der Waals surface area (Å²) in [5.41, 5.74) is 0.542. The number of carbonyl (C=O) groups is 1. The van der Waals surface area contributed by atoms with Crippen molar-refractivity contribution in [3.63, 3.8) is 0 Å². The van der Waals surface area contributed by atoms with E-state index in [9.17, 15) is 18.7 Å². The number of aromatic hydroxyl groups is 1. The Morgan fingerprint density at radius 2 is 2.13 bits per heavy atom. The van der Waals surface area contributed by atoms with E-state index in [0.29, 0.717) is 18.3 Å². The molecule has 4 atom stereocenters. The molecule has 2 bridgehead atoms. The van der Waals surface area contributed by atoms with Gasteiger partial charge in [-0.25, -0.2) is 13.8 Å². The molecule has 2 saturated heterocycles. The van der Waals surface area contributed by atoms with Crippen molar-refractivity contribution in [2.75, 3.05) is 19.0 Å². The second kappa shape index (κ2) is 8.58. The second-order valence-corrected chi connectivity index (χ2v) is 8.00. The van der Waals surface area contributed by atoms with Crippen LogP contribution in [0.25, 0.3) is 17.3 Å². The van der Waals surface area contributed by atoms with Crippen LogP contribution in [-0.2, 0) is 4.79 Å². The monoisotopic (exact) mass is 429 g/mol. The number of halogens is 2. The van der Waals surface area contributed by atoms with E-state index in [1.54, 1.807) is 11.9 Å². The first-order valence-corrected chi connectivity index (χ1v) is 10.2. The number of piperidine rings is 1. The summed E-state index contributed by atoms with van der Waals surface area (Å²) in [6.07, 6.45) is 6.94. The minimum absolute atomic E-state index is 0.0729. The van der Waals surface area contributed by atoms with Crippen molar-refractivity contribution in [3.8, 4) is 17.0 Å². The third-order valence-corrected chi connectivity index (χ3v) is 6.10. The average molecular weight is 429 g/mol. The summed E-state index contributed by atoms with van der Waals surface area (Å²) >= 11 is 0. The molecule has 164 valence electrons. The van der Waals surface area contributed by atoms with Crippen molar-refractivity contribution in [3.05, 3.63) is 42.0 Å². The molecule has 1 amide bonds. The van der Waals surface area contributed by atoms with Gasteiger partial charge in [0.2, 0.25) is 5.91 Å². The van der Waals surface area contributed by atoms with Gasteiger partial charge in [-0.15, -0.1) is 0 Å². The van der Waals surface area contributed by atoms with E-state index >= 15 is 0 Å². The molecule has 2 aliphatic heterocycles. The van der Waals surface area contributed by atoms with Crippen LogP contribution < -0.4 is 15.5 Å². The number of hydrogen-bond acceptors (Lipinski definition) is 6. The number of carbonyl (C=O) groups excluding carboxylic acids is 1. The molecule has 1 aromatic carbocycles. The number of fused-ring (bicyclic) bond motifs is 2. The van der Waals surface area contributed by atoms with E-state index < -0.39 is 12.0 Å². The van der Waals surface area contributed by atoms with Gasteiger partial charge in [0.25, 0.3) is 0 Å². The van der Waals surface area contributed by atoms with E-state index in [1.165, 1.54) is 37.7 Å². The molecule has 2 fully saturated rings. The highest BCUT2D eigenvalue weighted by molar-refractivity contribution is 5.91. The molecule has 0 radical (unpaired) electrons. The smallest absolute Gasteiger partial charge is 0.243 e. The number of anilines is 1. The Hall–Kier alpha value is -3.07. The molecule has 0 aliphatic carbocycles. The topological polar surface area (TPSA) is 90.4 Å². The zero-order chi connectivity index (χ0) is 22.1. The maximum atomic E-state index is 14.8. The van der Waals surface area contributed by atoms with Gasteiger partial charge in [0.1, 0.15) is 23.6 Å². The number of phenols is 1. The number of likely N-dealkylation sites (N-methyl/N-ethyl adjacent to an activating group) is 1. The number of rotatable bonds is 5. The highest BCUT2D eigenvalue weighted by Gasteiger charge is 2.43. The molecule has 4 rings (SSSR count). The maximum absolute atomic E-state index is 14.8. The van der Waals surface area contributed by atoms with Gasteiger partial charge in [-0.2, -0.15) is 0 Å². The van der Waals surface area contributed by atoms with Gasteiger partial charge < -0.3 is 20.6 Å². The molecule has 3 heterocycles. The van der Waals surface area contributed by atoms with Gasteiger partial charge in [0.05, 0.1) is 24.1 Å². The zero-order valence-corrected chi connectivity index (χ0v) is 17.3. The van der Waals surface area contributed by atoms with E-state index in [2.05, 4.69) is 20.6 Å². The minimum atomic E-state index is -0.987. The molecular weight excluding hydrogens is 404 g/mol. The number of alkyl halides is 1. The Kier molecular flexibility index (Phi) is 5.86. The fraction of sp³-hybridized carbons (Fsp3) is 0.409. The first kappa shape index (κ1) is 21.2. The van der Waals surface area contributed by atoms with E-state index in [4.69, 9.17) is 0 Å². The van der Waals surface area contributed by atoms with Crippen molar-refractivity contribution >= 4 is 17.8 Å². The van der Waals surface area contributed by atoms with Crippen LogP contribution in [0.2, 0.25) is 0 Å². The first-order chi connectivity index (χ1) is 14.9. The van der Waals surface area contributed by atoms with E-state index in [0.717, 1.165) is 18.9 Å². The molecule has 31 heavy (non-hydrogen) atoms. The lowest BCUT2D eigenvalue weighted by Gasteiger charge is -2.38. The number of benzene rings is 1. The summed E-state index contributed by atoms with van der Waals surface area (Å²) in [7, 11) is 3.27. The quantitative estimate of drug-likeness (QED) is 0.633. The Morgan fingerprint density at radius 1 is 1.32 bits per heavy atom. The summed E-state index contributed by atoms with van der Waals surface area (Å²) in [6, 6.07) is 2.30. The summed E-state index contributed by atoms with van der Waals surface area (Å²) in [5.74, 6) is -0.665. The molecule has 9 heteroatoms. The van der Waals surface area contributed by atoms with Crippen LogP contribution in [0.5, 0.6) is 5.75 Å². The lowest BCUT2D eigenvalue weighted by atomic mass is 9.96. The molecular formula is C22H25F2N5O2. The fourth-order valence-corrected chi connectivity index (χ4v) is 4.32. The highest BCUT2D eigenvalue weighted by atomic mass is 19.1. The molecule has 7 nitrogen and oxygen atoms in total. The standard InChI is InChI=1S/C22H25F2N5O2/c1-25-21(31)6-3-12-7-19(30)14(9-15(12)23)17-10-27-20(11-26-17)29(2)18-8-13-4-5-16(28-13)22(18)24/h3,6-7,9-11,13,16,18,22,28,30H,4-5,8H2,1-2H3,(H,25,31)/b6-3+/t13-,16+,18-,22+/m1/s1. The summed E-state index contributed by atoms with van der Waals surface area (Å²) in [6.45, 7) is 0. The van der Waals surface area contributed by atoms with Gasteiger partial charge >= 0.3 is 0 Å². The number of hydrogen-bond donors (Lipinski definition) is 3. The lowest BCUT2D eigenvalue weighted by Crippen LogP contribution is -2.55. The number of phenolic OH excluding ortho intramolecular Hbond substituents is 1. The van der Waals surface area contributed by atoms with Gasteiger partial charge in [-0.3, -0.25) is 9.78 Å². The summed E-state index contributed by atoms with van der Waals surface area (Å²) < 4.78 is 29.3. The Balaban J connectivity index is 1.53. The Bertz CT molecular complexity index is 998. The third kappa shape index (κ3) is 4.23. The van der Waals surface area contributed by atoms with Crippen LogP contribution >= 0.6 is 0 Å². The van der Waals surface area contributed by atoms with E-state index in [1.807, 2.05) is 0 Å². The Labute approximate surface area is 179 Å². The summed E-state index contributed by atoms with van der Waals surface area (Å²) in [5, 5.41) is 16.0. The van der Waals surface area contributed by atoms with Gasteiger partial charge in [0.15, 0.2) is 0 Å². The van der Waals surface area contributed by atoms with E-state index in [-0.39, 0.29) is 40.6 Å². The number of aromatic nitrogens is 2. The van der Waals surface area contributed by atoms with Gasteiger partial charge in [0, 0.05) is 43.4 Å². The molecule has 0 spiro atoms. The largest absolute Gasteiger partial charge is 0.507 e. The van der Waals surface area contributed by atoms with Crippen molar-refractivity contribution < 1.29 is 18.7 Å². The molecule has 3 N–H and O–H groups in total. The van der Waals surface area contributed by atoms with Crippen molar-refractivity contribution in [1.29, 1.82) is 0 Å². The SMILES string of the molecule is CNC(=O)/C=C/c1cc(O)c(-c2cnc(N(C)[C@@H]3C[C@H]4CC[C@H](N4)[C@@H]3F)cn2)cc1F. The summed E-state index contributed by atoms with van der Waals surface area (Å²) in [4.78, 5) is 21.8. The number of nitrogens with one attached hydrogen (secondary N) is 2. The number of nitrogens with zero attached hydrogens (tertiary/aromatic N) is 3. The van der Waals surface area contributed by atoms with Crippen molar-refractivity contribution in [2.24, 2.45) is 0 Å². The van der Waals surface area contributed by atoms with Crippen molar-refractivity contribution in [2.45, 2.75) is 43.6 Å². The van der Waals surface area contributed by atoms with Crippen LogP contribution in [0.4, 0.5) is 14.6 Å². The second-order valence-electron chi connectivity index (χ2n) is 8.00. The van der Waals surface area contributed by atoms with Gasteiger partial charge in [-0.1, -0.05) is 0 Å². The first-order valence-electron chi connectivity index (χ1n) is 10.2.